The van der Waals surface area contributed by atoms with Gasteiger partial charge in [-0.3, -0.25) is 4.79 Å². The van der Waals surface area contributed by atoms with Crippen molar-refractivity contribution in [3.8, 4) is 0 Å². The van der Waals surface area contributed by atoms with Gasteiger partial charge in [0.15, 0.2) is 0 Å². The van der Waals surface area contributed by atoms with Crippen molar-refractivity contribution < 1.29 is 22.7 Å². The Morgan fingerprint density at radius 1 is 1.44 bits per heavy atom. The largest absolute Gasteiger partial charge is 0.399 e. The fourth-order valence-corrected chi connectivity index (χ4v) is 1.22. The number of anilines is 1. The predicted octanol–water partition coefficient (Wildman–Crippen LogP) is 1.42. The van der Waals surface area contributed by atoms with E-state index in [-0.39, 0.29) is 24.4 Å². The molecular formula is C11H13F3N2O2. The van der Waals surface area contributed by atoms with Crippen molar-refractivity contribution in [3.63, 3.8) is 0 Å². The van der Waals surface area contributed by atoms with Gasteiger partial charge in [-0.25, -0.2) is 13.2 Å². The molecule has 0 fully saturated rings. The van der Waals surface area contributed by atoms with Crippen molar-refractivity contribution in [1.82, 2.24) is 5.32 Å². The van der Waals surface area contributed by atoms with Crippen molar-refractivity contribution in [2.24, 2.45) is 0 Å². The lowest BCUT2D eigenvalue weighted by molar-refractivity contribution is 0.0188. The highest BCUT2D eigenvalue weighted by atomic mass is 19.3. The van der Waals surface area contributed by atoms with Crippen molar-refractivity contribution in [1.29, 1.82) is 0 Å². The van der Waals surface area contributed by atoms with Crippen LogP contribution in [0.15, 0.2) is 18.2 Å². The van der Waals surface area contributed by atoms with Gasteiger partial charge in [0.25, 0.3) is 12.3 Å². The van der Waals surface area contributed by atoms with Crippen LogP contribution in [-0.2, 0) is 4.74 Å². The smallest absolute Gasteiger partial charge is 0.261 e. The van der Waals surface area contributed by atoms with E-state index in [2.05, 4.69) is 10.1 Å². The lowest BCUT2D eigenvalue weighted by atomic mass is 10.2. The number of amides is 1. The van der Waals surface area contributed by atoms with Gasteiger partial charge < -0.3 is 15.8 Å². The van der Waals surface area contributed by atoms with Gasteiger partial charge >= 0.3 is 0 Å². The Morgan fingerprint density at radius 2 is 2.17 bits per heavy atom. The third-order valence-corrected chi connectivity index (χ3v) is 2.01. The van der Waals surface area contributed by atoms with Crippen LogP contribution in [-0.4, -0.2) is 32.1 Å². The molecule has 100 valence electrons. The Kier molecular flexibility index (Phi) is 5.44. The molecule has 0 radical (unpaired) electrons. The average molecular weight is 262 g/mol. The maximum atomic E-state index is 13.3. The molecule has 18 heavy (non-hydrogen) atoms. The van der Waals surface area contributed by atoms with E-state index in [1.54, 1.807) is 0 Å². The summed E-state index contributed by atoms with van der Waals surface area (Å²) >= 11 is 0. The lowest BCUT2D eigenvalue weighted by Gasteiger charge is -2.07. The molecule has 0 aliphatic heterocycles. The topological polar surface area (TPSA) is 64.4 Å². The lowest BCUT2D eigenvalue weighted by Crippen LogP contribution is -2.28. The second-order valence-electron chi connectivity index (χ2n) is 3.46. The Bertz CT molecular complexity index is 413. The molecule has 0 unspecified atom stereocenters. The summed E-state index contributed by atoms with van der Waals surface area (Å²) < 4.78 is 41.2. The number of nitrogen functional groups attached to an aromatic ring is 1. The molecule has 3 N–H and O–H groups in total. The standard InChI is InChI=1S/C11H13F3N2O2/c12-9-2-1-7(15)5-8(9)11(17)16-3-4-18-6-10(13)14/h1-2,5,10H,3-4,6,15H2,(H,16,17). The van der Waals surface area contributed by atoms with E-state index >= 15 is 0 Å². The van der Waals surface area contributed by atoms with Gasteiger partial charge in [-0.15, -0.1) is 0 Å². The molecule has 1 aromatic rings. The minimum absolute atomic E-state index is 0.0137. The Balaban J connectivity index is 2.39. The number of carbonyl (C=O) groups excluding carboxylic acids is 1. The predicted molar refractivity (Wildman–Crippen MR) is 60.0 cm³/mol. The molecule has 0 saturated carbocycles. The van der Waals surface area contributed by atoms with E-state index in [1.807, 2.05) is 0 Å². The second-order valence-corrected chi connectivity index (χ2v) is 3.46. The number of benzene rings is 1. The summed E-state index contributed by atoms with van der Waals surface area (Å²) in [6.07, 6.45) is -2.55. The summed E-state index contributed by atoms with van der Waals surface area (Å²) in [7, 11) is 0. The van der Waals surface area contributed by atoms with Crippen LogP contribution in [0.1, 0.15) is 10.4 Å². The summed E-state index contributed by atoms with van der Waals surface area (Å²) in [6, 6.07) is 3.61. The van der Waals surface area contributed by atoms with E-state index in [0.717, 1.165) is 6.07 Å². The molecule has 1 rings (SSSR count). The van der Waals surface area contributed by atoms with Crippen LogP contribution in [0.25, 0.3) is 0 Å². The molecule has 0 atom stereocenters. The van der Waals surface area contributed by atoms with Gasteiger partial charge in [-0.05, 0) is 18.2 Å². The van der Waals surface area contributed by atoms with Crippen LogP contribution in [0.5, 0.6) is 0 Å². The highest BCUT2D eigenvalue weighted by Crippen LogP contribution is 2.11. The van der Waals surface area contributed by atoms with Gasteiger partial charge in [0.1, 0.15) is 12.4 Å². The second kappa shape index (κ2) is 6.85. The number of halogens is 3. The summed E-state index contributed by atoms with van der Waals surface area (Å²) in [5.74, 6) is -1.37. The molecule has 0 aromatic heterocycles. The summed E-state index contributed by atoms with van der Waals surface area (Å²) in [6.45, 7) is -0.748. The van der Waals surface area contributed by atoms with Crippen molar-refractivity contribution >= 4 is 11.6 Å². The maximum absolute atomic E-state index is 13.3. The van der Waals surface area contributed by atoms with Crippen molar-refractivity contribution in [2.45, 2.75) is 6.43 Å². The zero-order valence-electron chi connectivity index (χ0n) is 9.46. The third kappa shape index (κ3) is 4.62. The molecular weight excluding hydrogens is 249 g/mol. The first kappa shape index (κ1) is 14.3. The first-order chi connectivity index (χ1) is 8.50. The summed E-state index contributed by atoms with van der Waals surface area (Å²) in [5, 5.41) is 2.34. The van der Waals surface area contributed by atoms with Crippen LogP contribution < -0.4 is 11.1 Å². The SMILES string of the molecule is Nc1ccc(F)c(C(=O)NCCOCC(F)F)c1. The van der Waals surface area contributed by atoms with Crippen LogP contribution in [0, 0.1) is 5.82 Å². The zero-order valence-corrected chi connectivity index (χ0v) is 9.46. The number of nitrogens with two attached hydrogens (primary N) is 1. The summed E-state index contributed by atoms with van der Waals surface area (Å²) in [4.78, 5) is 11.5. The Hall–Kier alpha value is -1.76. The normalized spacial score (nSPS) is 10.7. The van der Waals surface area contributed by atoms with E-state index < -0.39 is 24.8 Å². The summed E-state index contributed by atoms with van der Waals surface area (Å²) in [5.41, 5.74) is 5.49. The minimum atomic E-state index is -2.55. The van der Waals surface area contributed by atoms with Gasteiger partial charge in [-0.1, -0.05) is 0 Å². The molecule has 0 spiro atoms. The third-order valence-electron chi connectivity index (χ3n) is 2.01. The van der Waals surface area contributed by atoms with Crippen molar-refractivity contribution in [3.05, 3.63) is 29.6 Å². The monoisotopic (exact) mass is 262 g/mol. The molecule has 0 bridgehead atoms. The molecule has 0 heterocycles. The number of rotatable bonds is 6. The fourth-order valence-electron chi connectivity index (χ4n) is 1.22. The van der Waals surface area contributed by atoms with Gasteiger partial charge in [0.2, 0.25) is 0 Å². The van der Waals surface area contributed by atoms with E-state index in [9.17, 15) is 18.0 Å². The van der Waals surface area contributed by atoms with Crippen LogP contribution in [0.2, 0.25) is 0 Å². The molecule has 0 aliphatic rings. The van der Waals surface area contributed by atoms with E-state index in [0.29, 0.717) is 0 Å². The molecule has 7 heteroatoms. The molecule has 4 nitrogen and oxygen atoms in total. The van der Waals surface area contributed by atoms with Gasteiger partial charge in [-0.2, -0.15) is 0 Å². The zero-order chi connectivity index (χ0) is 13.5. The Labute approximate surface area is 102 Å². The first-order valence-corrected chi connectivity index (χ1v) is 5.20. The highest BCUT2D eigenvalue weighted by Gasteiger charge is 2.11. The van der Waals surface area contributed by atoms with E-state index in [1.165, 1.54) is 12.1 Å². The van der Waals surface area contributed by atoms with Crippen molar-refractivity contribution in [2.75, 3.05) is 25.5 Å². The van der Waals surface area contributed by atoms with Gasteiger partial charge in [0, 0.05) is 12.2 Å². The highest BCUT2D eigenvalue weighted by molar-refractivity contribution is 5.95. The number of hydrogen-bond acceptors (Lipinski definition) is 3. The number of hydrogen-bond donors (Lipinski definition) is 2. The first-order valence-electron chi connectivity index (χ1n) is 5.20. The van der Waals surface area contributed by atoms with Gasteiger partial charge in [0.05, 0.1) is 12.2 Å². The fraction of sp³-hybridized carbons (Fsp3) is 0.364. The molecule has 1 aromatic carbocycles. The average Bonchev–Trinajstić information content (AvgIpc) is 2.31. The maximum Gasteiger partial charge on any atom is 0.261 e. The molecule has 0 saturated heterocycles. The number of alkyl halides is 2. The minimum Gasteiger partial charge on any atom is -0.399 e. The molecule has 0 aliphatic carbocycles. The number of carbonyl (C=O) groups is 1. The van der Waals surface area contributed by atoms with Crippen LogP contribution >= 0.6 is 0 Å². The number of nitrogens with one attached hydrogen (secondary N) is 1. The molecule has 1 amide bonds. The quantitative estimate of drug-likeness (QED) is 0.602. The van der Waals surface area contributed by atoms with E-state index in [4.69, 9.17) is 5.73 Å². The van der Waals surface area contributed by atoms with Crippen LogP contribution in [0.3, 0.4) is 0 Å². The number of ether oxygens (including phenoxy) is 1. The van der Waals surface area contributed by atoms with Crippen LogP contribution in [0.4, 0.5) is 18.9 Å². The Morgan fingerprint density at radius 3 is 2.83 bits per heavy atom.